The predicted molar refractivity (Wildman–Crippen MR) is 143 cm³/mol. The first kappa shape index (κ1) is 28.0. The molecule has 0 aliphatic carbocycles. The van der Waals surface area contributed by atoms with Gasteiger partial charge in [-0.05, 0) is 12.1 Å². The monoisotopic (exact) mass is 609 g/mol. The minimum atomic E-state index is -2.50. The molecule has 1 amide bonds. The van der Waals surface area contributed by atoms with Gasteiger partial charge >= 0.3 is 184 Å². The summed E-state index contributed by atoms with van der Waals surface area (Å²) in [5.41, 5.74) is 0.0128. The van der Waals surface area contributed by atoms with Gasteiger partial charge in [0.15, 0.2) is 0 Å². The number of nitrogens with zero attached hydrogens (tertiary/aromatic N) is 2. The molecule has 35 heavy (non-hydrogen) atoms. The van der Waals surface area contributed by atoms with Crippen LogP contribution in [0.3, 0.4) is 0 Å². The topological polar surface area (TPSA) is 91.7 Å². The minimum absolute atomic E-state index is 0.0523. The Morgan fingerprint density at radius 3 is 2.43 bits per heavy atom. The Balaban J connectivity index is 1.77. The second kappa shape index (κ2) is 10.8. The molecule has 0 unspecified atom stereocenters. The van der Waals surface area contributed by atoms with Gasteiger partial charge in [0.25, 0.3) is 0 Å². The van der Waals surface area contributed by atoms with E-state index in [1.807, 2.05) is 6.07 Å². The van der Waals surface area contributed by atoms with Crippen LogP contribution in [0.25, 0.3) is 0 Å². The van der Waals surface area contributed by atoms with E-state index in [0.717, 1.165) is 0 Å². The van der Waals surface area contributed by atoms with Crippen LogP contribution in [0, 0.1) is 0 Å². The van der Waals surface area contributed by atoms with Crippen LogP contribution in [0.1, 0.15) is 43.8 Å². The molecule has 3 rings (SSSR count). The molecule has 1 aliphatic heterocycles. The maximum atomic E-state index is 12.9. The molecule has 192 valence electrons. The number of hydrogen-bond donors (Lipinski definition) is 1. The van der Waals surface area contributed by atoms with Crippen LogP contribution in [0.2, 0.25) is 33.0 Å². The predicted octanol–water partition coefficient (Wildman–Crippen LogP) is 5.03. The van der Waals surface area contributed by atoms with Gasteiger partial charge in [0.1, 0.15) is 0 Å². The summed E-state index contributed by atoms with van der Waals surface area (Å²) in [6.45, 7) is 11.5. The molecule has 2 heterocycles. The Morgan fingerprint density at radius 1 is 1.20 bits per heavy atom. The molecule has 1 saturated heterocycles. The molecule has 10 heteroatoms. The van der Waals surface area contributed by atoms with Gasteiger partial charge in [0, 0.05) is 0 Å². The second-order valence-electron chi connectivity index (χ2n) is 11.5. The molecular weight excluding hydrogens is 569 g/mol. The molecule has 8 nitrogen and oxygen atoms in total. The normalized spacial score (nSPS) is 21.2. The van der Waals surface area contributed by atoms with Crippen LogP contribution in [-0.4, -0.2) is 61.4 Å². The van der Waals surface area contributed by atoms with Gasteiger partial charge in [-0.2, -0.15) is 0 Å². The van der Waals surface area contributed by atoms with E-state index in [0.29, 0.717) is 18.6 Å². The zero-order valence-corrected chi connectivity index (χ0v) is 26.0. The van der Waals surface area contributed by atoms with Gasteiger partial charge in [0.05, 0.1) is 0 Å². The van der Waals surface area contributed by atoms with Crippen molar-refractivity contribution in [3.8, 4) is 0 Å². The van der Waals surface area contributed by atoms with Gasteiger partial charge in [-0.1, -0.05) is 18.2 Å². The fourth-order valence-electron chi connectivity index (χ4n) is 3.51. The summed E-state index contributed by atoms with van der Waals surface area (Å²) in [6, 6.07) is 10.4. The van der Waals surface area contributed by atoms with Gasteiger partial charge in [-0.3, -0.25) is 0 Å². The van der Waals surface area contributed by atoms with Gasteiger partial charge in [-0.15, -0.1) is 0 Å². The number of hydrogen-bond acceptors (Lipinski definition) is 6. The first-order valence-corrected chi connectivity index (χ1v) is 24.7. The zero-order valence-electron chi connectivity index (χ0n) is 22.1. The van der Waals surface area contributed by atoms with E-state index in [4.69, 9.17) is 12.2 Å². The van der Waals surface area contributed by atoms with E-state index in [1.165, 1.54) is 4.57 Å². The van der Waals surface area contributed by atoms with Crippen molar-refractivity contribution in [3.05, 3.63) is 58.6 Å². The first-order chi connectivity index (χ1) is 16.2. The van der Waals surface area contributed by atoms with Crippen molar-refractivity contribution in [2.24, 2.45) is 0 Å². The fourth-order valence-corrected chi connectivity index (χ4v) is 6.77. The molecule has 0 saturated carbocycles. The van der Waals surface area contributed by atoms with Gasteiger partial charge in [-0.25, -0.2) is 0 Å². The number of aromatic nitrogens is 2. The average molecular weight is 608 g/mol. The molecule has 0 spiro atoms. The van der Waals surface area contributed by atoms with Crippen molar-refractivity contribution in [3.63, 3.8) is 0 Å². The van der Waals surface area contributed by atoms with Crippen molar-refractivity contribution < 1.29 is 17.0 Å². The van der Waals surface area contributed by atoms with Crippen LogP contribution >= 0.6 is 0 Å². The summed E-state index contributed by atoms with van der Waals surface area (Å²) in [5.74, 6) is -0.116. The standard InChI is InChI=1S/C22H30N3O5Si.3CH3.Sn/c1-22(2,3)31(4,5)30-16-13-19(29-17(16)14-26)25-12-11-18(24-21(25)28)23-20(27)15-9-7-6-8-10-15;;;;/h6-12,16-17,19H,13-14H2,1-5H3,(H,23,24,27,28);3*1H3;/q-1;;;;+1/t16-,17+,19+;;;;/m0..../s1. The van der Waals surface area contributed by atoms with Crippen LogP contribution in [0.4, 0.5) is 5.82 Å². The van der Waals surface area contributed by atoms with Crippen LogP contribution in [0.15, 0.2) is 47.4 Å². The molecule has 1 fully saturated rings. The van der Waals surface area contributed by atoms with Crippen molar-refractivity contribution >= 4 is 38.8 Å². The average Bonchev–Trinajstić information content (AvgIpc) is 3.13. The first-order valence-electron chi connectivity index (χ1n) is 12.1. The Kier molecular flexibility index (Phi) is 8.68. The van der Waals surface area contributed by atoms with Crippen LogP contribution in [0.5, 0.6) is 0 Å². The zero-order chi connectivity index (χ0) is 26.0. The third kappa shape index (κ3) is 7.48. The maximum absolute atomic E-state index is 12.9. The summed E-state index contributed by atoms with van der Waals surface area (Å²) in [4.78, 5) is 36.0. The molecule has 2 aromatic rings. The number of amides is 1. The molecule has 3 atom stereocenters. The van der Waals surface area contributed by atoms with Gasteiger partial charge < -0.3 is 0 Å². The summed E-state index contributed by atoms with van der Waals surface area (Å²) in [5, 5.41) is 2.73. The number of carbonyl (C=O) groups is 1. The molecule has 1 aromatic carbocycles. The van der Waals surface area contributed by atoms with E-state index in [1.54, 1.807) is 36.5 Å². The third-order valence-electron chi connectivity index (χ3n) is 6.53. The number of benzene rings is 1. The number of carbonyl (C=O) groups excluding carboxylic acids is 1. The quantitative estimate of drug-likeness (QED) is 0.424. The van der Waals surface area contributed by atoms with Crippen molar-refractivity contribution in [1.82, 2.24) is 9.55 Å². The number of anilines is 1. The second-order valence-corrected chi connectivity index (χ2v) is 29.2. The molecular formula is C25H39N3O5SiSn. The Labute approximate surface area is 213 Å². The Hall–Kier alpha value is -1.53. The van der Waals surface area contributed by atoms with Gasteiger partial charge in [0.2, 0.25) is 0 Å². The number of nitrogens with one attached hydrogen (secondary N) is 1. The Morgan fingerprint density at radius 2 is 1.86 bits per heavy atom. The Bertz CT molecular complexity index is 1080. The summed E-state index contributed by atoms with van der Waals surface area (Å²) >= 11 is -2.50. The van der Waals surface area contributed by atoms with E-state index in [2.05, 4.69) is 59.0 Å². The molecule has 1 aromatic heterocycles. The summed E-state index contributed by atoms with van der Waals surface area (Å²) < 4.78 is 20.8. The third-order valence-corrected chi connectivity index (χ3v) is 14.0. The van der Waals surface area contributed by atoms with E-state index in [-0.39, 0.29) is 29.0 Å². The molecule has 0 bridgehead atoms. The SMILES string of the molecule is CC(C)(C)[Si](C)(C)O[C@H]1C[C@H](n2ccc(NC(=O)c3ccccc3)nc2=O)O[C@@H]1C[O][Sn]([CH3])([CH3])[CH3]. The number of ether oxygens (including phenoxy) is 1. The summed E-state index contributed by atoms with van der Waals surface area (Å²) in [7, 11) is -2.06. The van der Waals surface area contributed by atoms with E-state index in [9.17, 15) is 9.59 Å². The van der Waals surface area contributed by atoms with E-state index >= 15 is 0 Å². The van der Waals surface area contributed by atoms with Crippen molar-refractivity contribution in [2.45, 2.75) is 78.6 Å². The number of rotatable bonds is 8. The van der Waals surface area contributed by atoms with Crippen molar-refractivity contribution in [1.29, 1.82) is 0 Å². The molecule has 1 N–H and O–H groups in total. The van der Waals surface area contributed by atoms with Crippen LogP contribution < -0.4 is 11.0 Å². The fraction of sp³-hybridized carbons (Fsp3) is 0.560. The van der Waals surface area contributed by atoms with Crippen molar-refractivity contribution in [2.75, 3.05) is 11.9 Å². The molecule has 1 aliphatic rings. The van der Waals surface area contributed by atoms with Crippen LogP contribution in [-0.2, 0) is 12.2 Å². The molecule has 0 radical (unpaired) electrons. The summed E-state index contributed by atoms with van der Waals surface area (Å²) in [6.07, 6.45) is 1.23. The van der Waals surface area contributed by atoms with E-state index < -0.39 is 39.0 Å².